The smallest absolute Gasteiger partial charge is 0.191 e. The summed E-state index contributed by atoms with van der Waals surface area (Å²) in [6.07, 6.45) is 6.58. The van der Waals surface area contributed by atoms with Gasteiger partial charge in [-0.15, -0.1) is 24.0 Å². The fraction of sp³-hybridized carbons (Fsp3) is 0.217. The highest BCUT2D eigenvalue weighted by molar-refractivity contribution is 14.0. The second kappa shape index (κ2) is 10.9. The summed E-state index contributed by atoms with van der Waals surface area (Å²) in [5.41, 5.74) is 4.03. The van der Waals surface area contributed by atoms with Crippen molar-refractivity contribution in [3.63, 3.8) is 0 Å². The molecule has 0 unspecified atom stereocenters. The van der Waals surface area contributed by atoms with E-state index in [0.29, 0.717) is 6.54 Å². The molecule has 0 bridgehead atoms. The van der Waals surface area contributed by atoms with Gasteiger partial charge in [-0.3, -0.25) is 0 Å². The summed E-state index contributed by atoms with van der Waals surface area (Å²) in [6.45, 7) is 4.08. The minimum Gasteiger partial charge on any atom is -0.361 e. The van der Waals surface area contributed by atoms with E-state index < -0.39 is 0 Å². The molecule has 0 saturated carbocycles. The number of nitrogens with zero attached hydrogens (tertiary/aromatic N) is 3. The van der Waals surface area contributed by atoms with Crippen molar-refractivity contribution in [3.8, 4) is 5.69 Å². The van der Waals surface area contributed by atoms with E-state index in [1.807, 2.05) is 66.6 Å². The Kier molecular flexibility index (Phi) is 8.05. The molecule has 0 aliphatic rings. The van der Waals surface area contributed by atoms with Crippen LogP contribution in [-0.2, 0) is 13.0 Å². The molecule has 162 valence electrons. The predicted molar refractivity (Wildman–Crippen MR) is 134 cm³/mol. The van der Waals surface area contributed by atoms with E-state index in [0.717, 1.165) is 53.2 Å². The minimum absolute atomic E-state index is 0. The van der Waals surface area contributed by atoms with Crippen molar-refractivity contribution in [2.24, 2.45) is 4.99 Å². The average Bonchev–Trinajstić information content (AvgIpc) is 3.40. The van der Waals surface area contributed by atoms with Crippen LogP contribution in [0.25, 0.3) is 16.6 Å². The molecule has 0 spiro atoms. The van der Waals surface area contributed by atoms with Gasteiger partial charge >= 0.3 is 0 Å². The van der Waals surface area contributed by atoms with Gasteiger partial charge < -0.3 is 15.6 Å². The van der Waals surface area contributed by atoms with Crippen LogP contribution in [0.15, 0.2) is 72.1 Å². The van der Waals surface area contributed by atoms with Gasteiger partial charge in [-0.2, -0.15) is 5.10 Å². The van der Waals surface area contributed by atoms with Crippen LogP contribution in [0.3, 0.4) is 0 Å². The van der Waals surface area contributed by atoms with Crippen LogP contribution in [0.1, 0.15) is 18.1 Å². The van der Waals surface area contributed by atoms with Crippen LogP contribution in [-0.4, -0.2) is 33.8 Å². The zero-order chi connectivity index (χ0) is 20.8. The van der Waals surface area contributed by atoms with Crippen LogP contribution >= 0.6 is 24.0 Å². The number of aromatic nitrogens is 3. The molecular formula is C23H26FIN6. The number of nitrogens with one attached hydrogen (secondary N) is 3. The van der Waals surface area contributed by atoms with Gasteiger partial charge in [0.25, 0.3) is 0 Å². The van der Waals surface area contributed by atoms with Gasteiger partial charge in [0.1, 0.15) is 5.82 Å². The Balaban J connectivity index is 0.00000272. The quantitative estimate of drug-likeness (QED) is 0.188. The first-order chi connectivity index (χ1) is 14.7. The molecule has 2 aromatic heterocycles. The van der Waals surface area contributed by atoms with Crippen LogP contribution in [0.5, 0.6) is 0 Å². The lowest BCUT2D eigenvalue weighted by Crippen LogP contribution is -2.38. The summed E-state index contributed by atoms with van der Waals surface area (Å²) in [6, 6.07) is 14.8. The van der Waals surface area contributed by atoms with Crippen LogP contribution in [0.2, 0.25) is 0 Å². The van der Waals surface area contributed by atoms with Crippen molar-refractivity contribution in [2.45, 2.75) is 19.9 Å². The van der Waals surface area contributed by atoms with Crippen molar-refractivity contribution in [3.05, 3.63) is 84.1 Å². The number of halogens is 2. The van der Waals surface area contributed by atoms with E-state index in [2.05, 4.69) is 25.7 Å². The van der Waals surface area contributed by atoms with Gasteiger partial charge in [0.05, 0.1) is 18.4 Å². The van der Waals surface area contributed by atoms with Crippen LogP contribution in [0.4, 0.5) is 4.39 Å². The molecule has 0 saturated heterocycles. The number of para-hydroxylation sites is 1. The summed E-state index contributed by atoms with van der Waals surface area (Å²) in [5.74, 6) is 0.530. The van der Waals surface area contributed by atoms with E-state index in [1.54, 1.807) is 0 Å². The molecule has 0 fully saturated rings. The molecule has 31 heavy (non-hydrogen) atoms. The van der Waals surface area contributed by atoms with Crippen molar-refractivity contribution in [1.29, 1.82) is 0 Å². The lowest BCUT2D eigenvalue weighted by atomic mass is 10.1. The summed E-state index contributed by atoms with van der Waals surface area (Å²) in [4.78, 5) is 7.80. The Morgan fingerprint density at radius 1 is 1.16 bits per heavy atom. The van der Waals surface area contributed by atoms with E-state index in [4.69, 9.17) is 0 Å². The van der Waals surface area contributed by atoms with Crippen LogP contribution < -0.4 is 10.6 Å². The molecule has 0 radical (unpaired) electrons. The summed E-state index contributed by atoms with van der Waals surface area (Å²) < 4.78 is 15.2. The molecule has 2 aromatic carbocycles. The largest absolute Gasteiger partial charge is 0.361 e. The van der Waals surface area contributed by atoms with E-state index >= 15 is 0 Å². The number of rotatable bonds is 7. The molecular weight excluding hydrogens is 506 g/mol. The Labute approximate surface area is 198 Å². The first-order valence-electron chi connectivity index (χ1n) is 10.1. The van der Waals surface area contributed by atoms with E-state index in [-0.39, 0.29) is 29.8 Å². The number of hydrogen-bond acceptors (Lipinski definition) is 2. The first kappa shape index (κ1) is 22.8. The van der Waals surface area contributed by atoms with Gasteiger partial charge in [0.2, 0.25) is 0 Å². The van der Waals surface area contributed by atoms with Crippen LogP contribution in [0, 0.1) is 5.82 Å². The first-order valence-corrected chi connectivity index (χ1v) is 10.1. The van der Waals surface area contributed by atoms with Crippen molar-refractivity contribution < 1.29 is 4.39 Å². The molecule has 8 heteroatoms. The highest BCUT2D eigenvalue weighted by Crippen LogP contribution is 2.19. The van der Waals surface area contributed by atoms with Crippen molar-refractivity contribution in [2.75, 3.05) is 13.1 Å². The van der Waals surface area contributed by atoms with Gasteiger partial charge in [0.15, 0.2) is 5.96 Å². The van der Waals surface area contributed by atoms with Gasteiger partial charge in [-0.05, 0) is 49.2 Å². The maximum atomic E-state index is 13.3. The number of hydrogen-bond donors (Lipinski definition) is 3. The Hall–Kier alpha value is -2.88. The molecule has 0 aliphatic heterocycles. The van der Waals surface area contributed by atoms with Gasteiger partial charge in [0, 0.05) is 41.9 Å². The topological polar surface area (TPSA) is 70.0 Å². The molecule has 2 heterocycles. The summed E-state index contributed by atoms with van der Waals surface area (Å²) in [5, 5.41) is 12.1. The average molecular weight is 532 g/mol. The second-order valence-corrected chi connectivity index (χ2v) is 7.00. The summed E-state index contributed by atoms with van der Waals surface area (Å²) in [7, 11) is 0. The molecule has 4 aromatic rings. The number of benzene rings is 2. The molecule has 0 atom stereocenters. The number of aliphatic imine (C=N–C) groups is 1. The molecule has 6 nitrogen and oxygen atoms in total. The maximum Gasteiger partial charge on any atom is 0.191 e. The summed E-state index contributed by atoms with van der Waals surface area (Å²) >= 11 is 0. The third-order valence-electron chi connectivity index (χ3n) is 4.84. The monoisotopic (exact) mass is 532 g/mol. The normalized spacial score (nSPS) is 11.4. The van der Waals surface area contributed by atoms with Crippen molar-refractivity contribution in [1.82, 2.24) is 25.4 Å². The fourth-order valence-corrected chi connectivity index (χ4v) is 3.36. The third kappa shape index (κ3) is 5.84. The molecule has 0 amide bonds. The standard InChI is InChI=1S/C23H25FN6.HI/c1-2-25-23(26-11-10-18-15-27-22-12-19(24)8-9-21(18)22)28-13-17-14-29-30(16-17)20-6-4-3-5-7-20;/h3-9,12,14-16,27H,2,10-11,13H2,1H3,(H2,25,26,28);1H. The second-order valence-electron chi connectivity index (χ2n) is 7.00. The van der Waals surface area contributed by atoms with E-state index in [9.17, 15) is 4.39 Å². The Morgan fingerprint density at radius 3 is 2.81 bits per heavy atom. The minimum atomic E-state index is -0.230. The molecule has 4 rings (SSSR count). The highest BCUT2D eigenvalue weighted by Gasteiger charge is 2.06. The van der Waals surface area contributed by atoms with Gasteiger partial charge in [-0.1, -0.05) is 18.2 Å². The molecule has 3 N–H and O–H groups in total. The lowest BCUT2D eigenvalue weighted by molar-refractivity contribution is 0.629. The number of aromatic amines is 1. The predicted octanol–water partition coefficient (Wildman–Crippen LogP) is 4.41. The van der Waals surface area contributed by atoms with E-state index in [1.165, 1.54) is 12.1 Å². The Morgan fingerprint density at radius 2 is 2.00 bits per heavy atom. The lowest BCUT2D eigenvalue weighted by Gasteiger charge is -2.10. The zero-order valence-corrected chi connectivity index (χ0v) is 19.6. The van der Waals surface area contributed by atoms with Gasteiger partial charge in [-0.25, -0.2) is 14.1 Å². The fourth-order valence-electron chi connectivity index (χ4n) is 3.36. The number of H-pyrrole nitrogens is 1. The SMILES string of the molecule is CCNC(=NCc1cnn(-c2ccccc2)c1)NCCc1c[nH]c2cc(F)ccc12.I. The maximum absolute atomic E-state index is 13.3. The Bertz CT molecular complexity index is 1140. The zero-order valence-electron chi connectivity index (χ0n) is 17.3. The molecule has 0 aliphatic carbocycles. The number of fused-ring (bicyclic) bond motifs is 1. The highest BCUT2D eigenvalue weighted by atomic mass is 127. The number of guanidine groups is 1. The van der Waals surface area contributed by atoms with Crippen molar-refractivity contribution >= 4 is 40.8 Å². The third-order valence-corrected chi connectivity index (χ3v) is 4.84.